The van der Waals surface area contributed by atoms with Crippen molar-refractivity contribution in [2.75, 3.05) is 10.2 Å². The Balaban J connectivity index is 1.63. The molecule has 0 amide bonds. The number of aliphatic imine (C=N–C) groups is 1. The quantitative estimate of drug-likeness (QED) is 0.166. The maximum absolute atomic E-state index is 14.0. The van der Waals surface area contributed by atoms with Crippen LogP contribution in [0.25, 0.3) is 22.5 Å². The van der Waals surface area contributed by atoms with Crippen LogP contribution in [0.3, 0.4) is 0 Å². The Morgan fingerprint density at radius 2 is 2.09 bits per heavy atom. The molecule has 9 nitrogen and oxygen atoms in total. The van der Waals surface area contributed by atoms with Crippen LogP contribution in [0.1, 0.15) is 43.0 Å². The fourth-order valence-electron chi connectivity index (χ4n) is 4.56. The largest absolute Gasteiger partial charge is 0.479 e. The molecule has 0 spiro atoms. The first-order chi connectivity index (χ1) is 16.8. The minimum absolute atomic E-state index is 0.0795. The van der Waals surface area contributed by atoms with Crippen LogP contribution < -0.4 is 16.9 Å². The molecule has 0 saturated heterocycles. The van der Waals surface area contributed by atoms with Crippen molar-refractivity contribution in [3.8, 4) is 11.1 Å². The van der Waals surface area contributed by atoms with Gasteiger partial charge in [0.15, 0.2) is 11.8 Å². The van der Waals surface area contributed by atoms with Crippen LogP contribution in [-0.2, 0) is 4.79 Å². The first-order valence-corrected chi connectivity index (χ1v) is 12.8. The molecule has 1 aliphatic rings. The second-order valence-corrected chi connectivity index (χ2v) is 9.54. The molecule has 3 aromatic heterocycles. The molecule has 0 aromatic carbocycles. The van der Waals surface area contributed by atoms with E-state index in [1.54, 1.807) is 29.3 Å². The second kappa shape index (κ2) is 10.7. The van der Waals surface area contributed by atoms with Gasteiger partial charge in [-0.25, -0.2) is 14.2 Å². The SMILES string of the molecule is Bc1c(N)n2ncc(-c3ccc(/C(N)=C/N=C\CI)nc3)c2nc1[C@H]1CC[C@@H](C(F)C(=O)O)CC1. The van der Waals surface area contributed by atoms with Gasteiger partial charge >= 0.3 is 5.97 Å². The molecule has 5 N–H and O–H groups in total. The summed E-state index contributed by atoms with van der Waals surface area (Å²) in [6.07, 6.45) is 7.24. The number of fused-ring (bicyclic) bond motifs is 1. The number of aromatic nitrogens is 4. The number of nitrogen functional groups attached to an aromatic ring is 1. The molecular weight excluding hydrogens is 563 g/mol. The lowest BCUT2D eigenvalue weighted by Crippen LogP contribution is -2.31. The van der Waals surface area contributed by atoms with Crippen LogP contribution in [0.4, 0.5) is 10.2 Å². The van der Waals surface area contributed by atoms with Crippen molar-refractivity contribution in [2.24, 2.45) is 16.6 Å². The lowest BCUT2D eigenvalue weighted by molar-refractivity contribution is -0.145. The van der Waals surface area contributed by atoms with Gasteiger partial charge in [0.2, 0.25) is 0 Å². The normalized spacial score (nSPS) is 19.9. The topological polar surface area (TPSA) is 145 Å². The molecule has 1 saturated carbocycles. The maximum Gasteiger partial charge on any atom is 0.338 e. The van der Waals surface area contributed by atoms with Crippen LogP contribution in [0.15, 0.2) is 35.7 Å². The van der Waals surface area contributed by atoms with Gasteiger partial charge in [-0.1, -0.05) is 28.7 Å². The minimum atomic E-state index is -1.82. The maximum atomic E-state index is 14.0. The van der Waals surface area contributed by atoms with Crippen molar-refractivity contribution in [1.29, 1.82) is 0 Å². The predicted octanol–water partition coefficient (Wildman–Crippen LogP) is 2.09. The molecule has 182 valence electrons. The highest BCUT2D eigenvalue weighted by atomic mass is 127. The van der Waals surface area contributed by atoms with E-state index in [0.717, 1.165) is 26.7 Å². The molecule has 3 aromatic rings. The van der Waals surface area contributed by atoms with Gasteiger partial charge in [0, 0.05) is 45.5 Å². The van der Waals surface area contributed by atoms with Crippen LogP contribution >= 0.6 is 22.6 Å². The van der Waals surface area contributed by atoms with Crippen LogP contribution in [-0.4, -0.2) is 55.3 Å². The molecule has 35 heavy (non-hydrogen) atoms. The summed E-state index contributed by atoms with van der Waals surface area (Å²) < 4.78 is 16.4. The Bertz CT molecular complexity index is 1290. The minimum Gasteiger partial charge on any atom is -0.479 e. The molecule has 1 aliphatic carbocycles. The Hall–Kier alpha value is -3.03. The average molecular weight is 589 g/mol. The molecule has 3 heterocycles. The van der Waals surface area contributed by atoms with Gasteiger partial charge in [-0.15, -0.1) is 0 Å². The number of aliphatic carboxylic acids is 1. The zero-order valence-corrected chi connectivity index (χ0v) is 21.4. The van der Waals surface area contributed by atoms with Crippen molar-refractivity contribution in [3.63, 3.8) is 0 Å². The van der Waals surface area contributed by atoms with E-state index in [4.69, 9.17) is 21.6 Å². The van der Waals surface area contributed by atoms with Crippen molar-refractivity contribution in [2.45, 2.75) is 37.8 Å². The van der Waals surface area contributed by atoms with Crippen molar-refractivity contribution < 1.29 is 14.3 Å². The average Bonchev–Trinajstić information content (AvgIpc) is 3.30. The number of alkyl halides is 2. The van der Waals surface area contributed by atoms with Crippen LogP contribution in [0.2, 0.25) is 0 Å². The number of rotatable bonds is 7. The summed E-state index contributed by atoms with van der Waals surface area (Å²) in [6.45, 7) is 0. The van der Waals surface area contributed by atoms with Crippen LogP contribution in [0.5, 0.6) is 0 Å². The van der Waals surface area contributed by atoms with E-state index in [1.165, 1.54) is 0 Å². The number of halogens is 2. The van der Waals surface area contributed by atoms with E-state index in [-0.39, 0.29) is 5.92 Å². The number of carboxylic acid groups (broad SMARTS) is 1. The van der Waals surface area contributed by atoms with Gasteiger partial charge in [-0.2, -0.15) is 9.61 Å². The van der Waals surface area contributed by atoms with E-state index in [1.807, 2.05) is 20.0 Å². The number of nitrogens with two attached hydrogens (primary N) is 2. The summed E-state index contributed by atoms with van der Waals surface area (Å²) in [6, 6.07) is 3.72. The predicted molar refractivity (Wildman–Crippen MR) is 146 cm³/mol. The molecular formula is C23H26BFIN7O2. The molecule has 4 rings (SSSR count). The van der Waals surface area contributed by atoms with E-state index >= 15 is 0 Å². The number of carbonyl (C=O) groups is 1. The molecule has 0 radical (unpaired) electrons. The van der Waals surface area contributed by atoms with E-state index < -0.39 is 18.1 Å². The van der Waals surface area contributed by atoms with Gasteiger partial charge in [0.25, 0.3) is 0 Å². The van der Waals surface area contributed by atoms with Gasteiger partial charge in [-0.05, 0) is 37.2 Å². The Morgan fingerprint density at radius 1 is 1.34 bits per heavy atom. The third-order valence-electron chi connectivity index (χ3n) is 6.53. The number of pyridine rings is 1. The van der Waals surface area contributed by atoms with E-state index in [0.29, 0.717) is 48.5 Å². The molecule has 1 unspecified atom stereocenters. The highest BCUT2D eigenvalue weighted by Gasteiger charge is 2.33. The molecule has 1 fully saturated rings. The molecule has 12 heteroatoms. The molecule has 0 bridgehead atoms. The Labute approximate surface area is 216 Å². The van der Waals surface area contributed by atoms with Gasteiger partial charge in [0.1, 0.15) is 13.7 Å². The fraction of sp³-hybridized carbons (Fsp3) is 0.348. The highest BCUT2D eigenvalue weighted by molar-refractivity contribution is 14.1. The lowest BCUT2D eigenvalue weighted by Gasteiger charge is -2.30. The zero-order valence-electron chi connectivity index (χ0n) is 19.2. The van der Waals surface area contributed by atoms with E-state index in [2.05, 4.69) is 37.7 Å². The van der Waals surface area contributed by atoms with E-state index in [9.17, 15) is 9.18 Å². The summed E-state index contributed by atoms with van der Waals surface area (Å²) in [5, 5.41) is 13.4. The number of anilines is 1. The highest BCUT2D eigenvalue weighted by Crippen LogP contribution is 2.37. The lowest BCUT2D eigenvalue weighted by atomic mass is 9.75. The van der Waals surface area contributed by atoms with Gasteiger partial charge in [-0.3, -0.25) is 9.98 Å². The van der Waals surface area contributed by atoms with Crippen molar-refractivity contribution in [1.82, 2.24) is 19.6 Å². The number of hydrogen-bond donors (Lipinski definition) is 3. The number of hydrogen-bond acceptors (Lipinski definition) is 7. The first kappa shape index (κ1) is 25.1. The van der Waals surface area contributed by atoms with Gasteiger partial charge in [0.05, 0.1) is 23.8 Å². The Morgan fingerprint density at radius 3 is 2.71 bits per heavy atom. The third kappa shape index (κ3) is 5.16. The summed E-state index contributed by atoms with van der Waals surface area (Å²) in [4.78, 5) is 24.5. The molecule has 0 aliphatic heterocycles. The van der Waals surface area contributed by atoms with Crippen molar-refractivity contribution >= 4 is 65.2 Å². The standard InChI is InChI=1S/C23H26BFIN7O2/c24-18-20(13-3-1-12(2-4-13)19(25)23(34)35)32-22-15(10-31-33(22)21(18)28)14-5-6-17(30-9-14)16(27)11-29-8-7-26/h5-6,8-13,19H,1-4,7,24,27-28H2,(H,34,35)/b16-11-,29-8-/t12-,13+,19?. The second-order valence-electron chi connectivity index (χ2n) is 8.66. The van der Waals surface area contributed by atoms with Crippen LogP contribution in [0, 0.1) is 5.92 Å². The zero-order chi connectivity index (χ0) is 25.1. The smallest absolute Gasteiger partial charge is 0.338 e. The summed E-state index contributed by atoms with van der Waals surface area (Å²) in [5.74, 6) is -1.27. The fourth-order valence-corrected chi connectivity index (χ4v) is 4.79. The monoisotopic (exact) mass is 589 g/mol. The Kier molecular flexibility index (Phi) is 7.67. The summed E-state index contributed by atoms with van der Waals surface area (Å²) >= 11 is 2.20. The van der Waals surface area contributed by atoms with Gasteiger partial charge < -0.3 is 16.6 Å². The summed E-state index contributed by atoms with van der Waals surface area (Å²) in [7, 11) is 1.91. The molecule has 1 atom stereocenters. The van der Waals surface area contributed by atoms with Crippen molar-refractivity contribution in [3.05, 3.63) is 42.1 Å². The third-order valence-corrected chi connectivity index (χ3v) is 6.93. The number of nitrogens with zero attached hydrogens (tertiary/aromatic N) is 5. The number of carboxylic acids is 1. The first-order valence-electron chi connectivity index (χ1n) is 11.3. The summed E-state index contributed by atoms with van der Waals surface area (Å²) in [5.41, 5.74) is 17.5.